The monoisotopic (exact) mass is 191 g/mol. The molecule has 0 aromatic carbocycles. The molecule has 0 aliphatic carbocycles. The van der Waals surface area contributed by atoms with Gasteiger partial charge in [0.05, 0.1) is 0 Å². The Kier molecular flexibility index (Phi) is 3.09. The van der Waals surface area contributed by atoms with Crippen LogP contribution in [-0.2, 0) is 6.54 Å². The summed E-state index contributed by atoms with van der Waals surface area (Å²) < 4.78 is 0. The van der Waals surface area contributed by atoms with Gasteiger partial charge in [0.2, 0.25) is 0 Å². The molecule has 0 bridgehead atoms. The third-order valence-electron chi connectivity index (χ3n) is 2.76. The highest BCUT2D eigenvalue weighted by Crippen LogP contribution is 2.16. The highest BCUT2D eigenvalue weighted by atomic mass is 15.1. The van der Waals surface area contributed by atoms with Gasteiger partial charge in [-0.25, -0.2) is 9.97 Å². The van der Waals surface area contributed by atoms with Crippen molar-refractivity contribution in [1.29, 1.82) is 0 Å². The minimum absolute atomic E-state index is 0.841. The lowest BCUT2D eigenvalue weighted by molar-refractivity contribution is 0.176. The smallest absolute Gasteiger partial charge is 0.115 e. The highest BCUT2D eigenvalue weighted by molar-refractivity contribution is 5.02. The third-order valence-corrected chi connectivity index (χ3v) is 2.76. The van der Waals surface area contributed by atoms with E-state index < -0.39 is 0 Å². The summed E-state index contributed by atoms with van der Waals surface area (Å²) in [5, 5.41) is 0. The first-order valence-electron chi connectivity index (χ1n) is 5.31. The lowest BCUT2D eigenvalue weighted by Gasteiger charge is -2.30. The molecule has 1 aliphatic rings. The molecule has 0 saturated carbocycles. The van der Waals surface area contributed by atoms with Crippen molar-refractivity contribution in [2.24, 2.45) is 5.92 Å². The molecule has 1 unspecified atom stereocenters. The second-order valence-corrected chi connectivity index (χ2v) is 4.23. The van der Waals surface area contributed by atoms with E-state index in [-0.39, 0.29) is 0 Å². The van der Waals surface area contributed by atoms with Gasteiger partial charge in [-0.15, -0.1) is 0 Å². The fourth-order valence-electron chi connectivity index (χ4n) is 2.10. The normalized spacial score (nSPS) is 23.6. The van der Waals surface area contributed by atoms with Crippen LogP contribution in [0.3, 0.4) is 0 Å². The van der Waals surface area contributed by atoms with Gasteiger partial charge in [-0.2, -0.15) is 0 Å². The number of hydrogen-bond donors (Lipinski definition) is 0. The Hall–Kier alpha value is -0.960. The van der Waals surface area contributed by atoms with Gasteiger partial charge in [-0.05, 0) is 25.3 Å². The Labute approximate surface area is 85.2 Å². The number of rotatable bonds is 2. The summed E-state index contributed by atoms with van der Waals surface area (Å²) in [5.74, 6) is 0.841. The maximum absolute atomic E-state index is 4.03. The van der Waals surface area contributed by atoms with Crippen molar-refractivity contribution in [3.8, 4) is 0 Å². The zero-order chi connectivity index (χ0) is 9.80. The number of likely N-dealkylation sites (tertiary alicyclic amines) is 1. The molecule has 1 aromatic rings. The molecule has 1 saturated heterocycles. The van der Waals surface area contributed by atoms with Gasteiger partial charge >= 0.3 is 0 Å². The van der Waals surface area contributed by atoms with Crippen LogP contribution in [-0.4, -0.2) is 28.0 Å². The van der Waals surface area contributed by atoms with Gasteiger partial charge in [-0.1, -0.05) is 6.92 Å². The number of nitrogens with zero attached hydrogens (tertiary/aromatic N) is 3. The maximum Gasteiger partial charge on any atom is 0.115 e. The van der Waals surface area contributed by atoms with Gasteiger partial charge in [0.25, 0.3) is 0 Å². The molecule has 1 aliphatic heterocycles. The van der Waals surface area contributed by atoms with Crippen LogP contribution in [0.5, 0.6) is 0 Å². The fraction of sp³-hybridized carbons (Fsp3) is 0.636. The van der Waals surface area contributed by atoms with Crippen molar-refractivity contribution in [3.63, 3.8) is 0 Å². The summed E-state index contributed by atoms with van der Waals surface area (Å²) in [6, 6.07) is 0. The standard InChI is InChI=1S/C11H17N3/c1-10-3-2-4-14(7-10)8-11-5-12-9-13-6-11/h5-6,9-10H,2-4,7-8H2,1H3. The van der Waals surface area contributed by atoms with Crippen LogP contribution in [0, 0.1) is 5.92 Å². The summed E-state index contributed by atoms with van der Waals surface area (Å²) >= 11 is 0. The first-order chi connectivity index (χ1) is 6.84. The van der Waals surface area contributed by atoms with Crippen molar-refractivity contribution in [1.82, 2.24) is 14.9 Å². The summed E-state index contributed by atoms with van der Waals surface area (Å²) in [6.07, 6.45) is 8.11. The third kappa shape index (κ3) is 2.51. The molecule has 2 rings (SSSR count). The molecule has 1 fully saturated rings. The lowest BCUT2D eigenvalue weighted by Crippen LogP contribution is -2.33. The summed E-state index contributed by atoms with van der Waals surface area (Å²) in [4.78, 5) is 10.6. The van der Waals surface area contributed by atoms with Crippen LogP contribution < -0.4 is 0 Å². The molecule has 14 heavy (non-hydrogen) atoms. The molecule has 0 N–H and O–H groups in total. The average molecular weight is 191 g/mol. The molecule has 1 aromatic heterocycles. The van der Waals surface area contributed by atoms with E-state index in [2.05, 4.69) is 21.8 Å². The average Bonchev–Trinajstić information content (AvgIpc) is 2.19. The number of hydrogen-bond acceptors (Lipinski definition) is 3. The molecule has 3 heteroatoms. The SMILES string of the molecule is CC1CCCN(Cc2cncnc2)C1. The molecule has 2 heterocycles. The van der Waals surface area contributed by atoms with Crippen molar-refractivity contribution >= 4 is 0 Å². The van der Waals surface area contributed by atoms with Crippen LogP contribution in [0.25, 0.3) is 0 Å². The zero-order valence-electron chi connectivity index (χ0n) is 8.69. The number of piperidine rings is 1. The van der Waals surface area contributed by atoms with E-state index in [1.54, 1.807) is 6.33 Å². The lowest BCUT2D eigenvalue weighted by atomic mass is 10.00. The van der Waals surface area contributed by atoms with Crippen LogP contribution >= 0.6 is 0 Å². The maximum atomic E-state index is 4.03. The molecule has 0 spiro atoms. The largest absolute Gasteiger partial charge is 0.299 e. The van der Waals surface area contributed by atoms with Gasteiger partial charge in [0.1, 0.15) is 6.33 Å². The van der Waals surface area contributed by atoms with Crippen molar-refractivity contribution in [2.45, 2.75) is 26.3 Å². The Balaban J connectivity index is 1.91. The Morgan fingerprint density at radius 3 is 2.93 bits per heavy atom. The van der Waals surface area contributed by atoms with E-state index in [1.807, 2.05) is 12.4 Å². The van der Waals surface area contributed by atoms with Crippen LogP contribution in [0.15, 0.2) is 18.7 Å². The fourth-order valence-corrected chi connectivity index (χ4v) is 2.10. The van der Waals surface area contributed by atoms with E-state index in [0.717, 1.165) is 12.5 Å². The summed E-state index contributed by atoms with van der Waals surface area (Å²) in [7, 11) is 0. The molecule has 0 amide bonds. The van der Waals surface area contributed by atoms with E-state index in [1.165, 1.54) is 31.5 Å². The molecular weight excluding hydrogens is 174 g/mol. The molecular formula is C11H17N3. The summed E-state index contributed by atoms with van der Waals surface area (Å²) in [5.41, 5.74) is 1.22. The predicted molar refractivity (Wildman–Crippen MR) is 55.7 cm³/mol. The van der Waals surface area contributed by atoms with E-state index in [9.17, 15) is 0 Å². The second-order valence-electron chi connectivity index (χ2n) is 4.23. The molecule has 1 atom stereocenters. The van der Waals surface area contributed by atoms with Gasteiger partial charge in [-0.3, -0.25) is 4.90 Å². The first kappa shape index (κ1) is 9.59. The molecule has 0 radical (unpaired) electrons. The van der Waals surface area contributed by atoms with Crippen molar-refractivity contribution in [3.05, 3.63) is 24.3 Å². The topological polar surface area (TPSA) is 29.0 Å². The van der Waals surface area contributed by atoms with E-state index in [4.69, 9.17) is 0 Å². The Morgan fingerprint density at radius 1 is 1.43 bits per heavy atom. The summed E-state index contributed by atoms with van der Waals surface area (Å²) in [6.45, 7) is 5.77. The van der Waals surface area contributed by atoms with Crippen LogP contribution in [0.2, 0.25) is 0 Å². The minimum Gasteiger partial charge on any atom is -0.299 e. The van der Waals surface area contributed by atoms with Gasteiger partial charge in [0.15, 0.2) is 0 Å². The van der Waals surface area contributed by atoms with Crippen molar-refractivity contribution < 1.29 is 0 Å². The zero-order valence-corrected chi connectivity index (χ0v) is 8.69. The quantitative estimate of drug-likeness (QED) is 0.712. The van der Waals surface area contributed by atoms with Crippen molar-refractivity contribution in [2.75, 3.05) is 13.1 Å². The first-order valence-corrected chi connectivity index (χ1v) is 5.31. The molecule has 3 nitrogen and oxygen atoms in total. The molecule has 76 valence electrons. The number of aromatic nitrogens is 2. The van der Waals surface area contributed by atoms with E-state index in [0.29, 0.717) is 0 Å². The van der Waals surface area contributed by atoms with E-state index >= 15 is 0 Å². The Morgan fingerprint density at radius 2 is 2.21 bits per heavy atom. The minimum atomic E-state index is 0.841. The second kappa shape index (κ2) is 4.51. The predicted octanol–water partition coefficient (Wildman–Crippen LogP) is 1.71. The van der Waals surface area contributed by atoms with Crippen LogP contribution in [0.4, 0.5) is 0 Å². The highest BCUT2D eigenvalue weighted by Gasteiger charge is 2.15. The Bertz CT molecular complexity index is 273. The van der Waals surface area contributed by atoms with Gasteiger partial charge in [0, 0.05) is 31.0 Å². The van der Waals surface area contributed by atoms with Crippen LogP contribution in [0.1, 0.15) is 25.3 Å². The van der Waals surface area contributed by atoms with Gasteiger partial charge < -0.3 is 0 Å².